The molecule has 0 spiro atoms. The molecular formula is C12H15NO. The van der Waals surface area contributed by atoms with E-state index in [0.717, 1.165) is 18.5 Å². The Morgan fingerprint density at radius 1 is 1.36 bits per heavy atom. The molecule has 2 bridgehead atoms. The minimum atomic E-state index is 0.383. The van der Waals surface area contributed by atoms with Crippen LogP contribution in [0.25, 0.3) is 0 Å². The van der Waals surface area contributed by atoms with Crippen LogP contribution < -0.4 is 0 Å². The third-order valence-corrected chi connectivity index (χ3v) is 3.52. The molecule has 2 heterocycles. The molecule has 74 valence electrons. The van der Waals surface area contributed by atoms with Crippen LogP contribution in [0.1, 0.15) is 18.4 Å². The number of rotatable bonds is 2. The molecule has 0 amide bonds. The number of nitrogens with zero attached hydrogens (tertiary/aromatic N) is 1. The van der Waals surface area contributed by atoms with Gasteiger partial charge in [0, 0.05) is 19.1 Å². The molecule has 1 aromatic carbocycles. The lowest BCUT2D eigenvalue weighted by molar-refractivity contribution is 0.239. The lowest BCUT2D eigenvalue weighted by atomic mass is 9.86. The molecule has 2 heteroatoms. The van der Waals surface area contributed by atoms with Crippen LogP contribution in [0.5, 0.6) is 5.75 Å². The predicted molar refractivity (Wildman–Crippen MR) is 55.0 cm³/mol. The molecule has 0 atom stereocenters. The Bertz CT molecular complexity index is 344. The van der Waals surface area contributed by atoms with Crippen molar-refractivity contribution in [2.24, 2.45) is 5.92 Å². The highest BCUT2D eigenvalue weighted by atomic mass is 16.3. The van der Waals surface area contributed by atoms with Gasteiger partial charge in [0.25, 0.3) is 0 Å². The molecule has 1 aromatic rings. The summed E-state index contributed by atoms with van der Waals surface area (Å²) in [5.74, 6) is 1.35. The first kappa shape index (κ1) is 8.30. The zero-order chi connectivity index (χ0) is 9.54. The maximum atomic E-state index is 9.34. The summed E-state index contributed by atoms with van der Waals surface area (Å²) < 4.78 is 0. The number of phenols is 1. The number of benzene rings is 1. The number of aromatic hydroxyl groups is 1. The fraction of sp³-hybridized carbons (Fsp3) is 0.500. The van der Waals surface area contributed by atoms with Gasteiger partial charge in [-0.3, -0.25) is 4.90 Å². The second kappa shape index (κ2) is 2.99. The van der Waals surface area contributed by atoms with Gasteiger partial charge in [-0.15, -0.1) is 0 Å². The SMILES string of the molecule is Oc1cccc(CN2CC3CC2C3)c1. The fourth-order valence-electron chi connectivity index (χ4n) is 2.71. The van der Waals surface area contributed by atoms with Crippen LogP contribution in [0.3, 0.4) is 0 Å². The first-order valence-corrected chi connectivity index (χ1v) is 5.33. The van der Waals surface area contributed by atoms with E-state index >= 15 is 0 Å². The van der Waals surface area contributed by atoms with Crippen LogP contribution in [0.2, 0.25) is 0 Å². The van der Waals surface area contributed by atoms with Crippen molar-refractivity contribution in [2.75, 3.05) is 6.54 Å². The van der Waals surface area contributed by atoms with Crippen LogP contribution >= 0.6 is 0 Å². The smallest absolute Gasteiger partial charge is 0.115 e. The number of hydrogen-bond donors (Lipinski definition) is 1. The first-order chi connectivity index (χ1) is 6.81. The van der Waals surface area contributed by atoms with Crippen molar-refractivity contribution in [3.63, 3.8) is 0 Å². The van der Waals surface area contributed by atoms with E-state index in [0.29, 0.717) is 5.75 Å². The standard InChI is InChI=1S/C12H15NO/c14-12-3-1-2-9(6-12)7-13-8-10-4-11(13)5-10/h1-3,6,10-11,14H,4-5,7-8H2. The lowest BCUT2D eigenvalue weighted by Gasteiger charge is -2.25. The molecule has 2 aliphatic heterocycles. The van der Waals surface area contributed by atoms with E-state index in [2.05, 4.69) is 11.0 Å². The molecule has 2 nitrogen and oxygen atoms in total. The van der Waals surface area contributed by atoms with Gasteiger partial charge in [0.1, 0.15) is 5.75 Å². The average Bonchev–Trinajstić information content (AvgIpc) is 2.61. The minimum Gasteiger partial charge on any atom is -0.508 e. The largest absolute Gasteiger partial charge is 0.508 e. The Labute approximate surface area is 84.2 Å². The minimum absolute atomic E-state index is 0.383. The van der Waals surface area contributed by atoms with Crippen molar-refractivity contribution in [1.29, 1.82) is 0 Å². The van der Waals surface area contributed by atoms with Crippen molar-refractivity contribution >= 4 is 0 Å². The van der Waals surface area contributed by atoms with E-state index in [1.54, 1.807) is 6.07 Å². The van der Waals surface area contributed by atoms with Gasteiger partial charge in [-0.2, -0.15) is 0 Å². The average molecular weight is 189 g/mol. The highest BCUT2D eigenvalue weighted by Gasteiger charge is 2.42. The molecule has 1 saturated carbocycles. The molecule has 3 fully saturated rings. The summed E-state index contributed by atoms with van der Waals surface area (Å²) in [7, 11) is 0. The molecular weight excluding hydrogens is 174 g/mol. The van der Waals surface area contributed by atoms with Crippen molar-refractivity contribution in [3.8, 4) is 5.75 Å². The zero-order valence-corrected chi connectivity index (χ0v) is 8.19. The molecule has 0 aromatic heterocycles. The molecule has 3 aliphatic rings. The van der Waals surface area contributed by atoms with Gasteiger partial charge < -0.3 is 5.11 Å². The van der Waals surface area contributed by atoms with E-state index in [-0.39, 0.29) is 0 Å². The van der Waals surface area contributed by atoms with E-state index < -0.39 is 0 Å². The zero-order valence-electron chi connectivity index (χ0n) is 8.19. The summed E-state index contributed by atoms with van der Waals surface area (Å²) in [5.41, 5.74) is 1.23. The summed E-state index contributed by atoms with van der Waals surface area (Å²) in [4.78, 5) is 2.54. The van der Waals surface area contributed by atoms with Crippen molar-refractivity contribution in [3.05, 3.63) is 29.8 Å². The topological polar surface area (TPSA) is 23.5 Å². The Balaban J connectivity index is 1.72. The van der Waals surface area contributed by atoms with Crippen LogP contribution in [0, 0.1) is 5.92 Å². The third-order valence-electron chi connectivity index (χ3n) is 3.52. The van der Waals surface area contributed by atoms with Crippen LogP contribution in [-0.2, 0) is 6.54 Å². The van der Waals surface area contributed by atoms with Gasteiger partial charge in [0.15, 0.2) is 0 Å². The Morgan fingerprint density at radius 2 is 2.21 bits per heavy atom. The van der Waals surface area contributed by atoms with Gasteiger partial charge in [0.2, 0.25) is 0 Å². The van der Waals surface area contributed by atoms with E-state index in [1.165, 1.54) is 24.9 Å². The van der Waals surface area contributed by atoms with Gasteiger partial charge in [-0.05, 0) is 36.5 Å². The highest BCUT2D eigenvalue weighted by molar-refractivity contribution is 5.27. The molecule has 4 rings (SSSR count). The molecule has 0 unspecified atom stereocenters. The second-order valence-electron chi connectivity index (χ2n) is 4.59. The van der Waals surface area contributed by atoms with Crippen LogP contribution in [0.15, 0.2) is 24.3 Å². The molecule has 1 N–H and O–H groups in total. The summed E-state index contributed by atoms with van der Waals surface area (Å²) in [5, 5.41) is 9.34. The van der Waals surface area contributed by atoms with E-state index in [4.69, 9.17) is 0 Å². The Morgan fingerprint density at radius 3 is 2.86 bits per heavy atom. The van der Waals surface area contributed by atoms with E-state index in [9.17, 15) is 5.11 Å². The van der Waals surface area contributed by atoms with Crippen LogP contribution in [0.4, 0.5) is 0 Å². The molecule has 14 heavy (non-hydrogen) atoms. The summed E-state index contributed by atoms with van der Waals surface area (Å²) in [6, 6.07) is 8.45. The quantitative estimate of drug-likeness (QED) is 0.769. The maximum Gasteiger partial charge on any atom is 0.115 e. The summed E-state index contributed by atoms with van der Waals surface area (Å²) in [6.45, 7) is 2.27. The van der Waals surface area contributed by atoms with Crippen LogP contribution in [-0.4, -0.2) is 22.6 Å². The molecule has 1 aliphatic carbocycles. The third kappa shape index (κ3) is 1.30. The van der Waals surface area contributed by atoms with Gasteiger partial charge in [0.05, 0.1) is 0 Å². The Kier molecular flexibility index (Phi) is 1.77. The van der Waals surface area contributed by atoms with Crippen molar-refractivity contribution < 1.29 is 5.11 Å². The number of hydrogen-bond acceptors (Lipinski definition) is 2. The number of fused-ring (bicyclic) bond motifs is 1. The normalized spacial score (nSPS) is 30.3. The molecule has 0 radical (unpaired) electrons. The first-order valence-electron chi connectivity index (χ1n) is 5.33. The molecule has 2 saturated heterocycles. The lowest BCUT2D eigenvalue weighted by Crippen LogP contribution is -2.28. The van der Waals surface area contributed by atoms with Crippen molar-refractivity contribution in [2.45, 2.75) is 25.4 Å². The summed E-state index contributed by atoms with van der Waals surface area (Å²) in [6.07, 6.45) is 2.80. The van der Waals surface area contributed by atoms with Gasteiger partial charge >= 0.3 is 0 Å². The van der Waals surface area contributed by atoms with Gasteiger partial charge in [-0.1, -0.05) is 12.1 Å². The van der Waals surface area contributed by atoms with Gasteiger partial charge in [-0.25, -0.2) is 0 Å². The predicted octanol–water partition coefficient (Wildman–Crippen LogP) is 1.99. The second-order valence-corrected chi connectivity index (χ2v) is 4.59. The number of phenolic OH excluding ortho intramolecular Hbond substituents is 1. The monoisotopic (exact) mass is 189 g/mol. The Hall–Kier alpha value is -1.02. The maximum absolute atomic E-state index is 9.34. The van der Waals surface area contributed by atoms with E-state index in [1.807, 2.05) is 12.1 Å². The summed E-state index contributed by atoms with van der Waals surface area (Å²) >= 11 is 0. The highest BCUT2D eigenvalue weighted by Crippen LogP contribution is 2.41. The van der Waals surface area contributed by atoms with Crippen molar-refractivity contribution in [1.82, 2.24) is 4.90 Å². The fourth-order valence-corrected chi connectivity index (χ4v) is 2.71.